The fourth-order valence-corrected chi connectivity index (χ4v) is 6.59. The normalized spacial score (nSPS) is 20.2. The van der Waals surface area contributed by atoms with E-state index in [1.54, 1.807) is 23.8 Å². The average molecular weight is 482 g/mol. The summed E-state index contributed by atoms with van der Waals surface area (Å²) in [5.41, 5.74) is 8.88. The number of nitriles is 1. The molecule has 0 radical (unpaired) electrons. The van der Waals surface area contributed by atoms with E-state index in [0.717, 1.165) is 15.6 Å². The number of carbonyl (C=O) groups is 1. The van der Waals surface area contributed by atoms with Crippen LogP contribution in [0, 0.1) is 16.7 Å². The highest BCUT2D eigenvalue weighted by molar-refractivity contribution is 8.01. The lowest BCUT2D eigenvalue weighted by molar-refractivity contribution is -0.118. The maximum absolute atomic E-state index is 13.6. The molecule has 0 fully saturated rings. The molecule has 33 heavy (non-hydrogen) atoms. The number of ketones is 1. The zero-order valence-corrected chi connectivity index (χ0v) is 21.0. The van der Waals surface area contributed by atoms with E-state index in [4.69, 9.17) is 10.5 Å². The molecule has 0 amide bonds. The number of anilines is 1. The first-order valence-electron chi connectivity index (χ1n) is 10.8. The molecule has 1 aliphatic carbocycles. The average Bonchev–Trinajstić information content (AvgIpc) is 3.19. The third kappa shape index (κ3) is 4.25. The smallest absolute Gasteiger partial charge is 0.219 e. The Morgan fingerprint density at radius 1 is 1.30 bits per heavy atom. The lowest BCUT2D eigenvalue weighted by Gasteiger charge is -2.42. The standard InChI is InChI=1S/C24H27N5O2S2/c1-13(2)32-23-28-27-22(33-23)29-16-10-24(3,4)11-17(30)20(16)19(15(12-25)21(29)26)14-8-6-7-9-18(14)31-5/h6-9,13,19H,10-11,26H2,1-5H3. The van der Waals surface area contributed by atoms with Gasteiger partial charge in [-0.15, -0.1) is 10.2 Å². The van der Waals surface area contributed by atoms with Crippen LogP contribution in [0.25, 0.3) is 0 Å². The number of nitrogens with zero attached hydrogens (tertiary/aromatic N) is 4. The van der Waals surface area contributed by atoms with Crippen LogP contribution in [-0.4, -0.2) is 28.3 Å². The predicted octanol–water partition coefficient (Wildman–Crippen LogP) is 4.99. The number of nitrogens with two attached hydrogens (primary N) is 1. The largest absolute Gasteiger partial charge is 0.496 e. The Hall–Kier alpha value is -2.83. The molecule has 1 aromatic carbocycles. The summed E-state index contributed by atoms with van der Waals surface area (Å²) in [6.07, 6.45) is 1.03. The van der Waals surface area contributed by atoms with Gasteiger partial charge in [0.1, 0.15) is 11.6 Å². The van der Waals surface area contributed by atoms with Gasteiger partial charge in [0, 0.05) is 28.5 Å². The van der Waals surface area contributed by atoms with Crippen molar-refractivity contribution in [2.45, 2.75) is 56.0 Å². The molecule has 2 aliphatic rings. The van der Waals surface area contributed by atoms with E-state index in [-0.39, 0.29) is 17.0 Å². The third-order valence-corrected chi connectivity index (χ3v) is 7.75. The van der Waals surface area contributed by atoms with Crippen molar-refractivity contribution >= 4 is 34.0 Å². The van der Waals surface area contributed by atoms with E-state index >= 15 is 0 Å². The summed E-state index contributed by atoms with van der Waals surface area (Å²) in [6.45, 7) is 8.33. The minimum Gasteiger partial charge on any atom is -0.496 e. The summed E-state index contributed by atoms with van der Waals surface area (Å²) in [4.78, 5) is 15.4. The molecule has 1 atom stereocenters. The molecule has 172 valence electrons. The Morgan fingerprint density at radius 3 is 2.70 bits per heavy atom. The van der Waals surface area contributed by atoms with Crippen molar-refractivity contribution in [3.05, 3.63) is 52.5 Å². The van der Waals surface area contributed by atoms with Gasteiger partial charge in [-0.05, 0) is 17.9 Å². The second kappa shape index (κ2) is 8.84. The predicted molar refractivity (Wildman–Crippen MR) is 131 cm³/mol. The summed E-state index contributed by atoms with van der Waals surface area (Å²) < 4.78 is 6.41. The quantitative estimate of drug-likeness (QED) is 0.596. The number of methoxy groups -OCH3 is 1. The van der Waals surface area contributed by atoms with Gasteiger partial charge in [-0.1, -0.05) is 69.0 Å². The molecular formula is C24H27N5O2S2. The molecule has 1 aliphatic heterocycles. The maximum atomic E-state index is 13.6. The van der Waals surface area contributed by atoms with Gasteiger partial charge >= 0.3 is 0 Å². The number of Topliss-reactive ketones (excluding diaryl/α,β-unsaturated/α-hetero) is 1. The minimum atomic E-state index is -0.585. The van der Waals surface area contributed by atoms with Crippen molar-refractivity contribution < 1.29 is 9.53 Å². The Kier molecular flexibility index (Phi) is 6.25. The molecular weight excluding hydrogens is 454 g/mol. The summed E-state index contributed by atoms with van der Waals surface area (Å²) in [5, 5.41) is 19.8. The minimum absolute atomic E-state index is 0.0173. The van der Waals surface area contributed by atoms with Crippen LogP contribution in [0.3, 0.4) is 0 Å². The number of aromatic nitrogens is 2. The SMILES string of the molecule is COc1ccccc1C1C(C#N)=C(N)N(c2nnc(SC(C)C)s2)C2=C1C(=O)CC(C)(C)C2. The number of hydrogen-bond donors (Lipinski definition) is 1. The highest BCUT2D eigenvalue weighted by Crippen LogP contribution is 2.52. The number of para-hydroxylation sites is 1. The van der Waals surface area contributed by atoms with Crippen LogP contribution >= 0.6 is 23.1 Å². The fourth-order valence-electron chi connectivity index (χ4n) is 4.49. The van der Waals surface area contributed by atoms with Crippen LogP contribution in [0.2, 0.25) is 0 Å². The number of benzene rings is 1. The van der Waals surface area contributed by atoms with E-state index < -0.39 is 5.92 Å². The third-order valence-electron chi connectivity index (χ3n) is 5.75. The van der Waals surface area contributed by atoms with Crippen molar-refractivity contribution in [3.63, 3.8) is 0 Å². The van der Waals surface area contributed by atoms with Gasteiger partial charge in [0.15, 0.2) is 10.1 Å². The topological polar surface area (TPSA) is 105 Å². The Balaban J connectivity index is 1.95. The molecule has 1 unspecified atom stereocenters. The molecule has 7 nitrogen and oxygen atoms in total. The van der Waals surface area contributed by atoms with Crippen LogP contribution in [0.15, 0.2) is 51.3 Å². The van der Waals surface area contributed by atoms with Gasteiger partial charge in [-0.3, -0.25) is 9.69 Å². The number of hydrogen-bond acceptors (Lipinski definition) is 9. The van der Waals surface area contributed by atoms with Crippen molar-refractivity contribution in [2.24, 2.45) is 11.1 Å². The summed E-state index contributed by atoms with van der Waals surface area (Å²) in [7, 11) is 1.59. The zero-order chi connectivity index (χ0) is 23.9. The number of rotatable bonds is 5. The highest BCUT2D eigenvalue weighted by Gasteiger charge is 2.46. The Bertz CT molecular complexity index is 1210. The number of ether oxygens (including phenoxy) is 1. The van der Waals surface area contributed by atoms with Crippen LogP contribution in [0.1, 0.15) is 52.0 Å². The van der Waals surface area contributed by atoms with Gasteiger partial charge < -0.3 is 10.5 Å². The van der Waals surface area contributed by atoms with Crippen molar-refractivity contribution in [3.8, 4) is 11.8 Å². The number of allylic oxidation sites excluding steroid dienone is 3. The second-order valence-corrected chi connectivity index (χ2v) is 12.0. The first kappa shape index (κ1) is 23.3. The van der Waals surface area contributed by atoms with Crippen LogP contribution in [0.5, 0.6) is 5.75 Å². The number of thioether (sulfide) groups is 1. The molecule has 0 saturated heterocycles. The van der Waals surface area contributed by atoms with Gasteiger partial charge in [-0.25, -0.2) is 0 Å². The molecule has 4 rings (SSSR count). The van der Waals surface area contributed by atoms with Gasteiger partial charge in [0.2, 0.25) is 5.13 Å². The first-order valence-corrected chi connectivity index (χ1v) is 12.5. The molecule has 0 spiro atoms. The Labute approximate surface area is 202 Å². The van der Waals surface area contributed by atoms with Crippen LogP contribution < -0.4 is 15.4 Å². The molecule has 2 aromatic rings. The summed E-state index contributed by atoms with van der Waals surface area (Å²) in [5.74, 6) is 0.338. The van der Waals surface area contributed by atoms with Crippen LogP contribution in [0.4, 0.5) is 5.13 Å². The van der Waals surface area contributed by atoms with Gasteiger partial charge in [0.25, 0.3) is 0 Å². The number of carbonyl (C=O) groups excluding carboxylic acids is 1. The van der Waals surface area contributed by atoms with E-state index in [0.29, 0.717) is 40.1 Å². The van der Waals surface area contributed by atoms with Gasteiger partial charge in [0.05, 0.1) is 24.7 Å². The molecule has 0 saturated carbocycles. The van der Waals surface area contributed by atoms with Crippen molar-refractivity contribution in [1.29, 1.82) is 5.26 Å². The molecule has 2 N–H and O–H groups in total. The van der Waals surface area contributed by atoms with E-state index in [2.05, 4.69) is 44.0 Å². The van der Waals surface area contributed by atoms with Crippen LogP contribution in [-0.2, 0) is 4.79 Å². The molecule has 2 heterocycles. The Morgan fingerprint density at radius 2 is 2.03 bits per heavy atom. The van der Waals surface area contributed by atoms with E-state index in [1.807, 2.05) is 24.3 Å². The molecule has 1 aromatic heterocycles. The van der Waals surface area contributed by atoms with E-state index in [9.17, 15) is 10.1 Å². The second-order valence-electron chi connectivity index (χ2n) is 9.24. The molecule has 9 heteroatoms. The fraction of sp³-hybridized carbons (Fsp3) is 0.417. The van der Waals surface area contributed by atoms with Gasteiger partial charge in [-0.2, -0.15) is 5.26 Å². The monoisotopic (exact) mass is 481 g/mol. The maximum Gasteiger partial charge on any atom is 0.219 e. The lowest BCUT2D eigenvalue weighted by atomic mass is 9.68. The summed E-state index contributed by atoms with van der Waals surface area (Å²) >= 11 is 3.04. The zero-order valence-electron chi connectivity index (χ0n) is 19.4. The molecule has 0 bridgehead atoms. The van der Waals surface area contributed by atoms with Crippen molar-refractivity contribution in [2.75, 3.05) is 12.0 Å². The summed E-state index contributed by atoms with van der Waals surface area (Å²) in [6, 6.07) is 9.77. The van der Waals surface area contributed by atoms with Crippen molar-refractivity contribution in [1.82, 2.24) is 10.2 Å². The first-order chi connectivity index (χ1) is 15.7. The highest BCUT2D eigenvalue weighted by atomic mass is 32.2. The van der Waals surface area contributed by atoms with E-state index in [1.165, 1.54) is 11.3 Å². The lowest BCUT2D eigenvalue weighted by Crippen LogP contribution is -2.42.